The zero-order valence-electron chi connectivity index (χ0n) is 21.1. The molecule has 0 atom stereocenters. The molecule has 0 saturated carbocycles. The smallest absolute Gasteiger partial charge is 0.225 e. The molecule has 37 heavy (non-hydrogen) atoms. The third-order valence-electron chi connectivity index (χ3n) is 7.33. The van der Waals surface area contributed by atoms with Crippen molar-refractivity contribution in [3.05, 3.63) is 86.9 Å². The molecule has 0 unspecified atom stereocenters. The predicted molar refractivity (Wildman–Crippen MR) is 151 cm³/mol. The summed E-state index contributed by atoms with van der Waals surface area (Å²) in [6, 6.07) is 12.8. The quantitative estimate of drug-likeness (QED) is 0.263. The van der Waals surface area contributed by atoms with Crippen molar-refractivity contribution in [2.75, 3.05) is 11.4 Å². The van der Waals surface area contributed by atoms with Gasteiger partial charge in [0, 0.05) is 42.2 Å². The number of nitrogens with zero attached hydrogens (tertiary/aromatic N) is 5. The molecule has 0 fully saturated rings. The van der Waals surface area contributed by atoms with E-state index in [0.717, 1.165) is 59.4 Å². The molecule has 3 aromatic heterocycles. The Morgan fingerprint density at radius 2 is 1.78 bits per heavy atom. The highest BCUT2D eigenvalue weighted by Crippen LogP contribution is 2.40. The van der Waals surface area contributed by atoms with Gasteiger partial charge in [-0.2, -0.15) is 5.10 Å². The number of halogens is 2. The Hall–Kier alpha value is -3.35. The second-order valence-electron chi connectivity index (χ2n) is 9.45. The van der Waals surface area contributed by atoms with Crippen molar-refractivity contribution in [2.45, 2.75) is 46.6 Å². The molecule has 0 amide bonds. The van der Waals surface area contributed by atoms with Gasteiger partial charge in [0.1, 0.15) is 0 Å². The summed E-state index contributed by atoms with van der Waals surface area (Å²) in [6.07, 6.45) is 6.29. The fraction of sp³-hybridized carbons (Fsp3) is 0.276. The lowest BCUT2D eigenvalue weighted by atomic mass is 9.97. The van der Waals surface area contributed by atoms with E-state index in [1.54, 1.807) is 6.20 Å². The number of benzene rings is 2. The molecule has 6 nitrogen and oxygen atoms in total. The highest BCUT2D eigenvalue weighted by Gasteiger charge is 2.29. The van der Waals surface area contributed by atoms with E-state index in [-0.39, 0.29) is 0 Å². The zero-order chi connectivity index (χ0) is 25.7. The SMILES string of the molecule is CCc1cccc(CC)c1-n1nc2c(c1-c1ccc(Cl)c3[nH]ccc13)CN(c1ncc(Cl)c(C)n1)CC2. The summed E-state index contributed by atoms with van der Waals surface area (Å²) in [5.74, 6) is 0.692. The van der Waals surface area contributed by atoms with Gasteiger partial charge in [-0.05, 0) is 43.0 Å². The molecule has 188 valence electrons. The maximum atomic E-state index is 6.57. The van der Waals surface area contributed by atoms with Crippen molar-refractivity contribution < 1.29 is 0 Å². The molecular weight excluding hydrogens is 503 g/mol. The van der Waals surface area contributed by atoms with Crippen molar-refractivity contribution >= 4 is 40.1 Å². The van der Waals surface area contributed by atoms with Crippen molar-refractivity contribution in [1.82, 2.24) is 24.7 Å². The van der Waals surface area contributed by atoms with Gasteiger partial charge in [0.05, 0.1) is 44.5 Å². The Morgan fingerprint density at radius 1 is 1.00 bits per heavy atom. The van der Waals surface area contributed by atoms with Gasteiger partial charge in [-0.1, -0.05) is 61.3 Å². The van der Waals surface area contributed by atoms with Crippen LogP contribution in [0.4, 0.5) is 5.95 Å². The van der Waals surface area contributed by atoms with Gasteiger partial charge in [0.15, 0.2) is 0 Å². The van der Waals surface area contributed by atoms with Gasteiger partial charge < -0.3 is 9.88 Å². The van der Waals surface area contributed by atoms with E-state index < -0.39 is 0 Å². The van der Waals surface area contributed by atoms with Crippen LogP contribution in [0.15, 0.2) is 48.8 Å². The van der Waals surface area contributed by atoms with Crippen LogP contribution >= 0.6 is 23.2 Å². The lowest BCUT2D eigenvalue weighted by Gasteiger charge is -2.27. The number of hydrogen-bond donors (Lipinski definition) is 1. The van der Waals surface area contributed by atoms with Gasteiger partial charge in [-0.3, -0.25) is 0 Å². The topological polar surface area (TPSA) is 62.6 Å². The summed E-state index contributed by atoms with van der Waals surface area (Å²) >= 11 is 12.8. The number of hydrogen-bond acceptors (Lipinski definition) is 4. The summed E-state index contributed by atoms with van der Waals surface area (Å²) in [6.45, 7) is 7.78. The van der Waals surface area contributed by atoms with Crippen LogP contribution in [-0.2, 0) is 25.8 Å². The van der Waals surface area contributed by atoms with Gasteiger partial charge in [0.2, 0.25) is 5.95 Å². The molecule has 0 aliphatic carbocycles. The van der Waals surface area contributed by atoms with E-state index in [4.69, 9.17) is 28.3 Å². The minimum absolute atomic E-state index is 0.578. The fourth-order valence-electron chi connectivity index (χ4n) is 5.39. The number of aromatic amines is 1. The normalized spacial score (nSPS) is 13.4. The molecule has 6 rings (SSSR count). The van der Waals surface area contributed by atoms with E-state index in [0.29, 0.717) is 22.5 Å². The number of nitrogens with one attached hydrogen (secondary N) is 1. The van der Waals surface area contributed by atoms with Crippen LogP contribution in [0.2, 0.25) is 10.0 Å². The van der Waals surface area contributed by atoms with Crippen LogP contribution in [0.5, 0.6) is 0 Å². The van der Waals surface area contributed by atoms with Gasteiger partial charge in [-0.15, -0.1) is 0 Å². The number of aryl methyl sites for hydroxylation is 3. The van der Waals surface area contributed by atoms with Crippen LogP contribution in [0.1, 0.15) is 41.9 Å². The molecule has 5 aromatic rings. The molecule has 1 N–H and O–H groups in total. The minimum Gasteiger partial charge on any atom is -0.360 e. The van der Waals surface area contributed by atoms with Gasteiger partial charge in [-0.25, -0.2) is 14.6 Å². The van der Waals surface area contributed by atoms with Crippen molar-refractivity contribution in [2.24, 2.45) is 0 Å². The number of fused-ring (bicyclic) bond motifs is 2. The van der Waals surface area contributed by atoms with Crippen molar-refractivity contribution in [3.63, 3.8) is 0 Å². The Morgan fingerprint density at radius 3 is 2.51 bits per heavy atom. The average molecular weight is 531 g/mol. The van der Waals surface area contributed by atoms with Crippen molar-refractivity contribution in [1.29, 1.82) is 0 Å². The molecule has 1 aliphatic rings. The van der Waals surface area contributed by atoms with E-state index in [9.17, 15) is 0 Å². The van der Waals surface area contributed by atoms with Gasteiger partial charge >= 0.3 is 0 Å². The Kier molecular flexibility index (Phi) is 6.17. The third kappa shape index (κ3) is 3.99. The second-order valence-corrected chi connectivity index (χ2v) is 10.3. The van der Waals surface area contributed by atoms with E-state index >= 15 is 0 Å². The second kappa shape index (κ2) is 9.51. The largest absolute Gasteiger partial charge is 0.360 e. The number of para-hydroxylation sites is 1. The molecule has 0 spiro atoms. The lowest BCUT2D eigenvalue weighted by molar-refractivity contribution is 0.693. The fourth-order valence-corrected chi connectivity index (χ4v) is 5.70. The first-order valence-corrected chi connectivity index (χ1v) is 13.5. The Bertz CT molecular complexity index is 1610. The summed E-state index contributed by atoms with van der Waals surface area (Å²) < 4.78 is 2.19. The molecule has 1 aliphatic heterocycles. The van der Waals surface area contributed by atoms with Crippen LogP contribution in [-0.4, -0.2) is 31.3 Å². The summed E-state index contributed by atoms with van der Waals surface area (Å²) in [5, 5.41) is 7.64. The zero-order valence-corrected chi connectivity index (χ0v) is 22.7. The molecule has 0 saturated heterocycles. The first-order chi connectivity index (χ1) is 18.0. The first-order valence-electron chi connectivity index (χ1n) is 12.7. The molecule has 0 radical (unpaired) electrons. The highest BCUT2D eigenvalue weighted by molar-refractivity contribution is 6.35. The Labute approximate surface area is 226 Å². The monoisotopic (exact) mass is 530 g/mol. The molecule has 4 heterocycles. The van der Waals surface area contributed by atoms with E-state index in [1.165, 1.54) is 22.4 Å². The summed E-state index contributed by atoms with van der Waals surface area (Å²) in [5.41, 5.74) is 9.99. The number of aromatic nitrogens is 5. The predicted octanol–water partition coefficient (Wildman–Crippen LogP) is 7.11. The maximum absolute atomic E-state index is 6.57. The summed E-state index contributed by atoms with van der Waals surface area (Å²) in [4.78, 5) is 14.8. The number of anilines is 1. The number of rotatable bonds is 5. The average Bonchev–Trinajstić information content (AvgIpc) is 3.56. The molecule has 2 aromatic carbocycles. The maximum Gasteiger partial charge on any atom is 0.225 e. The van der Waals surface area contributed by atoms with Crippen LogP contribution in [0.3, 0.4) is 0 Å². The molecular formula is C29H28Cl2N6. The highest BCUT2D eigenvalue weighted by atomic mass is 35.5. The summed E-state index contributed by atoms with van der Waals surface area (Å²) in [7, 11) is 0. The van der Waals surface area contributed by atoms with E-state index in [2.05, 4.69) is 68.7 Å². The number of H-pyrrole nitrogens is 1. The van der Waals surface area contributed by atoms with Gasteiger partial charge in [0.25, 0.3) is 0 Å². The molecule has 0 bridgehead atoms. The van der Waals surface area contributed by atoms with Crippen molar-refractivity contribution in [3.8, 4) is 16.9 Å². The first kappa shape index (κ1) is 24.0. The van der Waals surface area contributed by atoms with E-state index in [1.807, 2.05) is 19.2 Å². The standard InChI is InChI=1S/C29H28Cl2N6/c1-4-18-7-6-8-19(5-2)27(18)37-28(21-9-10-23(30)26-20(21)11-13-32-26)22-16-36(14-12-25(22)35-37)29-33-15-24(31)17(3)34-29/h6-11,13,15,32H,4-5,12,14,16H2,1-3H3. The third-order valence-corrected chi connectivity index (χ3v) is 8.01. The molecule has 8 heteroatoms. The lowest BCUT2D eigenvalue weighted by Crippen LogP contribution is -2.31. The van der Waals surface area contributed by atoms with Crippen LogP contribution in [0.25, 0.3) is 27.8 Å². The van der Waals surface area contributed by atoms with Crippen LogP contribution in [0, 0.1) is 6.92 Å². The minimum atomic E-state index is 0.578. The Balaban J connectivity index is 1.61. The van der Waals surface area contributed by atoms with Crippen LogP contribution < -0.4 is 4.90 Å².